The Hall–Kier alpha value is -0.680. The van der Waals surface area contributed by atoms with Crippen LogP contribution in [0.1, 0.15) is 24.8 Å². The summed E-state index contributed by atoms with van der Waals surface area (Å²) in [5.41, 5.74) is -3.24. The number of likely N-dealkylation sites (tertiary alicyclic amines) is 1. The fourth-order valence-corrected chi connectivity index (χ4v) is 2.84. The van der Waals surface area contributed by atoms with Gasteiger partial charge in [-0.2, -0.15) is 13.2 Å². The molecule has 0 unspecified atom stereocenters. The van der Waals surface area contributed by atoms with Crippen LogP contribution in [0.5, 0.6) is 0 Å². The number of rotatable bonds is 3. The maximum absolute atomic E-state index is 12.3. The highest BCUT2D eigenvalue weighted by Crippen LogP contribution is 2.37. The number of benzene rings is 1. The predicted octanol–water partition coefficient (Wildman–Crippen LogP) is 4.28. The van der Waals surface area contributed by atoms with Crippen molar-refractivity contribution in [3.05, 3.63) is 29.8 Å². The van der Waals surface area contributed by atoms with Crippen molar-refractivity contribution in [2.24, 2.45) is 0 Å². The molecule has 0 saturated carbocycles. The van der Waals surface area contributed by atoms with E-state index in [0.29, 0.717) is 0 Å². The summed E-state index contributed by atoms with van der Waals surface area (Å²) >= 11 is -0.0416. The highest BCUT2D eigenvalue weighted by Gasteiger charge is 2.29. The van der Waals surface area contributed by atoms with Gasteiger partial charge in [-0.25, -0.2) is 0 Å². The first-order valence-electron chi connectivity index (χ1n) is 6.10. The molecule has 1 nitrogen and oxygen atoms in total. The smallest absolute Gasteiger partial charge is 0.299 e. The predicted molar refractivity (Wildman–Crippen MR) is 67.5 cm³/mol. The summed E-state index contributed by atoms with van der Waals surface area (Å²) in [4.78, 5) is 2.58. The molecule has 0 atom stereocenters. The Bertz CT molecular complexity index is 386. The number of hydrogen-bond acceptors (Lipinski definition) is 2. The van der Waals surface area contributed by atoms with Gasteiger partial charge < -0.3 is 0 Å². The van der Waals surface area contributed by atoms with Gasteiger partial charge in [0.2, 0.25) is 0 Å². The van der Waals surface area contributed by atoms with E-state index in [9.17, 15) is 13.2 Å². The summed E-state index contributed by atoms with van der Waals surface area (Å²) in [7, 11) is 0. The highest BCUT2D eigenvalue weighted by atomic mass is 32.2. The van der Waals surface area contributed by atoms with Crippen molar-refractivity contribution >= 4 is 11.8 Å². The standard InChI is InChI=1S/C13H16F3NS/c14-13(15,16)18-12-6-4-5-11(9-12)10-17-7-2-1-3-8-17/h4-6,9H,1-3,7-8,10H2. The van der Waals surface area contributed by atoms with E-state index in [1.807, 2.05) is 6.07 Å². The third-order valence-corrected chi connectivity index (χ3v) is 3.71. The van der Waals surface area contributed by atoms with Gasteiger partial charge in [0.15, 0.2) is 0 Å². The molecule has 1 aliphatic heterocycles. The zero-order valence-electron chi connectivity index (χ0n) is 10.0. The molecule has 0 bridgehead atoms. The lowest BCUT2D eigenvalue weighted by Crippen LogP contribution is -2.29. The lowest BCUT2D eigenvalue weighted by molar-refractivity contribution is -0.0328. The Morgan fingerprint density at radius 1 is 1.11 bits per heavy atom. The van der Waals surface area contributed by atoms with E-state index in [2.05, 4.69) is 4.90 Å². The number of hydrogen-bond donors (Lipinski definition) is 0. The lowest BCUT2D eigenvalue weighted by atomic mass is 10.1. The van der Waals surface area contributed by atoms with Crippen molar-refractivity contribution in [1.82, 2.24) is 4.90 Å². The first-order chi connectivity index (χ1) is 8.53. The number of alkyl halides is 3. The fraction of sp³-hybridized carbons (Fsp3) is 0.538. The Kier molecular flexibility index (Phi) is 4.56. The van der Waals surface area contributed by atoms with Gasteiger partial charge >= 0.3 is 5.51 Å². The molecule has 1 aliphatic rings. The quantitative estimate of drug-likeness (QED) is 0.757. The van der Waals surface area contributed by atoms with E-state index in [1.165, 1.54) is 25.3 Å². The monoisotopic (exact) mass is 275 g/mol. The van der Waals surface area contributed by atoms with E-state index in [4.69, 9.17) is 0 Å². The molecule has 100 valence electrons. The van der Waals surface area contributed by atoms with Crippen molar-refractivity contribution < 1.29 is 13.2 Å². The molecule has 1 aromatic rings. The number of nitrogens with zero attached hydrogens (tertiary/aromatic N) is 1. The van der Waals surface area contributed by atoms with Gasteiger partial charge in [0, 0.05) is 11.4 Å². The molecule has 2 rings (SSSR count). The largest absolute Gasteiger partial charge is 0.446 e. The second-order valence-electron chi connectivity index (χ2n) is 4.53. The van der Waals surface area contributed by atoms with Crippen LogP contribution in [0.3, 0.4) is 0 Å². The molecule has 0 N–H and O–H groups in total. The molecule has 0 aliphatic carbocycles. The molecule has 18 heavy (non-hydrogen) atoms. The Balaban J connectivity index is 1.98. The van der Waals surface area contributed by atoms with E-state index in [1.54, 1.807) is 12.1 Å². The summed E-state index contributed by atoms with van der Waals surface area (Å²) in [5.74, 6) is 0. The summed E-state index contributed by atoms with van der Waals surface area (Å²) in [6.45, 7) is 2.86. The van der Waals surface area contributed by atoms with Gasteiger partial charge in [-0.05, 0) is 55.4 Å². The van der Waals surface area contributed by atoms with Crippen LogP contribution in [0.15, 0.2) is 29.2 Å². The second-order valence-corrected chi connectivity index (χ2v) is 5.67. The van der Waals surface area contributed by atoms with E-state index in [-0.39, 0.29) is 16.7 Å². The number of thioether (sulfide) groups is 1. The van der Waals surface area contributed by atoms with Crippen LogP contribution < -0.4 is 0 Å². The van der Waals surface area contributed by atoms with Crippen molar-refractivity contribution in [2.75, 3.05) is 13.1 Å². The van der Waals surface area contributed by atoms with Gasteiger partial charge in [0.05, 0.1) is 0 Å². The molecule has 1 aromatic carbocycles. The van der Waals surface area contributed by atoms with Gasteiger partial charge in [-0.1, -0.05) is 18.6 Å². The molecular weight excluding hydrogens is 259 g/mol. The molecule has 1 saturated heterocycles. The first-order valence-corrected chi connectivity index (χ1v) is 6.92. The molecule has 0 spiro atoms. The van der Waals surface area contributed by atoms with Crippen molar-refractivity contribution in [3.63, 3.8) is 0 Å². The summed E-state index contributed by atoms with van der Waals surface area (Å²) < 4.78 is 36.9. The van der Waals surface area contributed by atoms with Gasteiger partial charge in [0.25, 0.3) is 0 Å². The van der Waals surface area contributed by atoms with Crippen LogP contribution in [0.4, 0.5) is 13.2 Å². The van der Waals surface area contributed by atoms with Crippen molar-refractivity contribution in [1.29, 1.82) is 0 Å². The third kappa shape index (κ3) is 4.53. The Morgan fingerprint density at radius 2 is 1.83 bits per heavy atom. The molecule has 0 amide bonds. The average molecular weight is 275 g/mol. The number of piperidine rings is 1. The van der Waals surface area contributed by atoms with E-state index >= 15 is 0 Å². The van der Waals surface area contributed by atoms with Crippen molar-refractivity contribution in [3.8, 4) is 0 Å². The average Bonchev–Trinajstić information content (AvgIpc) is 2.28. The van der Waals surface area contributed by atoms with Crippen molar-refractivity contribution in [2.45, 2.75) is 36.2 Å². The molecule has 0 aromatic heterocycles. The van der Waals surface area contributed by atoms with E-state index in [0.717, 1.165) is 25.2 Å². The second kappa shape index (κ2) is 5.97. The molecule has 1 fully saturated rings. The zero-order valence-corrected chi connectivity index (χ0v) is 10.9. The van der Waals surface area contributed by atoms with Crippen LogP contribution in [-0.2, 0) is 6.54 Å². The SMILES string of the molecule is FC(F)(F)Sc1cccc(CN2CCCCC2)c1. The number of halogens is 3. The summed E-state index contributed by atoms with van der Waals surface area (Å²) in [6.07, 6.45) is 3.65. The maximum atomic E-state index is 12.3. The Morgan fingerprint density at radius 3 is 2.50 bits per heavy atom. The minimum atomic E-state index is -4.20. The van der Waals surface area contributed by atoms with Gasteiger partial charge in [-0.3, -0.25) is 4.90 Å². The highest BCUT2D eigenvalue weighted by molar-refractivity contribution is 8.00. The van der Waals surface area contributed by atoms with Gasteiger partial charge in [-0.15, -0.1) is 0 Å². The fourth-order valence-electron chi connectivity index (χ4n) is 2.22. The third-order valence-electron chi connectivity index (χ3n) is 2.99. The summed E-state index contributed by atoms with van der Waals surface area (Å²) in [6, 6.07) is 6.76. The topological polar surface area (TPSA) is 3.24 Å². The molecule has 1 heterocycles. The first kappa shape index (κ1) is 13.7. The van der Waals surface area contributed by atoms with Crippen LogP contribution >= 0.6 is 11.8 Å². The minimum absolute atomic E-state index is 0.0416. The van der Waals surface area contributed by atoms with Crippen LogP contribution in [0, 0.1) is 0 Å². The zero-order chi connectivity index (χ0) is 13.0. The maximum Gasteiger partial charge on any atom is 0.446 e. The van der Waals surface area contributed by atoms with Crippen LogP contribution in [0.2, 0.25) is 0 Å². The molecule has 0 radical (unpaired) electrons. The van der Waals surface area contributed by atoms with Crippen LogP contribution in [0.25, 0.3) is 0 Å². The van der Waals surface area contributed by atoms with Gasteiger partial charge in [0.1, 0.15) is 0 Å². The Labute approximate surface area is 109 Å². The minimum Gasteiger partial charge on any atom is -0.299 e. The normalized spacial score (nSPS) is 17.9. The summed E-state index contributed by atoms with van der Waals surface area (Å²) in [5, 5.41) is 0. The molecular formula is C13H16F3NS. The van der Waals surface area contributed by atoms with E-state index < -0.39 is 5.51 Å². The lowest BCUT2D eigenvalue weighted by Gasteiger charge is -2.26. The van der Waals surface area contributed by atoms with Crippen LogP contribution in [-0.4, -0.2) is 23.5 Å². The molecule has 5 heteroatoms.